The molecule has 2 N–H and O–H groups in total. The molecule has 0 aliphatic heterocycles. The quantitative estimate of drug-likeness (QED) is 0.654. The summed E-state index contributed by atoms with van der Waals surface area (Å²) in [5, 5.41) is 21.5. The van der Waals surface area contributed by atoms with Crippen molar-refractivity contribution >= 4 is 11.8 Å². The molecule has 0 saturated heterocycles. The van der Waals surface area contributed by atoms with E-state index in [0.717, 1.165) is 37.3 Å². The average molecular weight is 256 g/mol. The molecule has 0 amide bonds. The zero-order valence-electron chi connectivity index (χ0n) is 10.7. The number of hydrogen-bond acceptors (Lipinski definition) is 4. The lowest BCUT2D eigenvalue weighted by atomic mass is 9.86. The van der Waals surface area contributed by atoms with Crippen LogP contribution in [0.3, 0.4) is 0 Å². The van der Waals surface area contributed by atoms with Gasteiger partial charge in [-0.1, -0.05) is 13.3 Å². The molecule has 17 heavy (non-hydrogen) atoms. The number of aliphatic hydroxyl groups excluding tert-OH is 1. The molecule has 0 heterocycles. The molecule has 0 radical (unpaired) electrons. The third kappa shape index (κ3) is 4.17. The molecule has 3 nitrogen and oxygen atoms in total. The molecular weight excluding hydrogens is 232 g/mol. The Bertz CT molecular complexity index is 254. The smallest absolute Gasteiger partial charge is 0.109 e. The van der Waals surface area contributed by atoms with Crippen molar-refractivity contribution < 1.29 is 5.11 Å². The van der Waals surface area contributed by atoms with Crippen molar-refractivity contribution in [3.05, 3.63) is 0 Å². The predicted molar refractivity (Wildman–Crippen MR) is 73.0 cm³/mol. The van der Waals surface area contributed by atoms with Crippen molar-refractivity contribution in [3.63, 3.8) is 0 Å². The number of aliphatic hydroxyl groups is 1. The van der Waals surface area contributed by atoms with Gasteiger partial charge in [0.15, 0.2) is 0 Å². The van der Waals surface area contributed by atoms with Gasteiger partial charge < -0.3 is 5.11 Å². The second-order valence-electron chi connectivity index (χ2n) is 4.68. The predicted octanol–water partition coefficient (Wildman–Crippen LogP) is 2.16. The van der Waals surface area contributed by atoms with Crippen molar-refractivity contribution in [2.45, 2.75) is 44.6 Å². The highest BCUT2D eigenvalue weighted by molar-refractivity contribution is 7.99. The number of nitrogens with one attached hydrogen (secondary N) is 1. The van der Waals surface area contributed by atoms with Gasteiger partial charge in [0.1, 0.15) is 5.54 Å². The fraction of sp³-hybridized carbons (Fsp3) is 0.923. The molecule has 98 valence electrons. The van der Waals surface area contributed by atoms with E-state index in [1.165, 1.54) is 12.8 Å². The number of nitrogens with zero attached hydrogens (tertiary/aromatic N) is 1. The first-order valence-corrected chi connectivity index (χ1v) is 7.79. The van der Waals surface area contributed by atoms with Crippen LogP contribution < -0.4 is 5.32 Å². The summed E-state index contributed by atoms with van der Waals surface area (Å²) in [6.45, 7) is 3.24. The van der Waals surface area contributed by atoms with Gasteiger partial charge >= 0.3 is 0 Å². The van der Waals surface area contributed by atoms with E-state index in [2.05, 4.69) is 18.3 Å². The minimum absolute atomic E-state index is 0.258. The summed E-state index contributed by atoms with van der Waals surface area (Å²) in [7, 11) is 0. The van der Waals surface area contributed by atoms with Gasteiger partial charge in [0.05, 0.1) is 6.07 Å². The maximum atomic E-state index is 9.41. The van der Waals surface area contributed by atoms with Crippen LogP contribution in [0.1, 0.15) is 39.0 Å². The minimum Gasteiger partial charge on any atom is -0.396 e. The largest absolute Gasteiger partial charge is 0.396 e. The zero-order chi connectivity index (χ0) is 12.6. The molecule has 2 atom stereocenters. The molecule has 0 aromatic rings. The molecule has 1 aliphatic rings. The van der Waals surface area contributed by atoms with E-state index in [-0.39, 0.29) is 12.1 Å². The summed E-state index contributed by atoms with van der Waals surface area (Å²) in [5.74, 6) is 2.65. The van der Waals surface area contributed by atoms with E-state index in [1.54, 1.807) is 0 Å². The van der Waals surface area contributed by atoms with Crippen LogP contribution in [-0.4, -0.2) is 35.3 Å². The van der Waals surface area contributed by atoms with Crippen LogP contribution >= 0.6 is 11.8 Å². The highest BCUT2D eigenvalue weighted by Crippen LogP contribution is 2.38. The molecule has 1 aliphatic carbocycles. The fourth-order valence-electron chi connectivity index (χ4n) is 2.70. The first kappa shape index (κ1) is 14.8. The van der Waals surface area contributed by atoms with E-state index < -0.39 is 0 Å². The molecule has 1 rings (SSSR count). The Morgan fingerprint density at radius 2 is 2.35 bits per heavy atom. The van der Waals surface area contributed by atoms with E-state index in [0.29, 0.717) is 5.92 Å². The van der Waals surface area contributed by atoms with Gasteiger partial charge in [-0.15, -0.1) is 0 Å². The van der Waals surface area contributed by atoms with Crippen molar-refractivity contribution in [2.24, 2.45) is 5.92 Å². The Morgan fingerprint density at radius 1 is 1.53 bits per heavy atom. The summed E-state index contributed by atoms with van der Waals surface area (Å²) in [6, 6.07) is 2.52. The van der Waals surface area contributed by atoms with E-state index >= 15 is 0 Å². The molecule has 0 spiro atoms. The summed E-state index contributed by atoms with van der Waals surface area (Å²) < 4.78 is 0. The maximum Gasteiger partial charge on any atom is 0.109 e. The molecule has 1 saturated carbocycles. The monoisotopic (exact) mass is 256 g/mol. The van der Waals surface area contributed by atoms with Crippen LogP contribution in [0, 0.1) is 17.2 Å². The van der Waals surface area contributed by atoms with Crippen molar-refractivity contribution in [2.75, 3.05) is 24.7 Å². The van der Waals surface area contributed by atoms with E-state index in [4.69, 9.17) is 5.11 Å². The Balaban J connectivity index is 2.33. The molecule has 0 aromatic carbocycles. The van der Waals surface area contributed by atoms with Gasteiger partial charge in [0.25, 0.3) is 0 Å². The molecule has 4 heteroatoms. The van der Waals surface area contributed by atoms with E-state index in [1.807, 2.05) is 11.8 Å². The normalized spacial score (nSPS) is 28.2. The molecular formula is C13H24N2OS. The summed E-state index contributed by atoms with van der Waals surface area (Å²) >= 11 is 1.90. The minimum atomic E-state index is -0.258. The Hall–Kier alpha value is -0.240. The fourth-order valence-corrected chi connectivity index (χ4v) is 3.69. The van der Waals surface area contributed by atoms with Crippen molar-refractivity contribution in [1.82, 2.24) is 5.32 Å². The highest BCUT2D eigenvalue weighted by atomic mass is 32.2. The Kier molecular flexibility index (Phi) is 6.94. The van der Waals surface area contributed by atoms with Gasteiger partial charge in [0.2, 0.25) is 0 Å². The van der Waals surface area contributed by atoms with Gasteiger partial charge in [-0.2, -0.15) is 17.0 Å². The van der Waals surface area contributed by atoms with Gasteiger partial charge in [0, 0.05) is 6.61 Å². The zero-order valence-corrected chi connectivity index (χ0v) is 11.6. The third-order valence-corrected chi connectivity index (χ3v) is 4.67. The van der Waals surface area contributed by atoms with Crippen molar-refractivity contribution in [1.29, 1.82) is 5.26 Å². The topological polar surface area (TPSA) is 56.0 Å². The third-order valence-electron chi connectivity index (χ3n) is 3.57. The van der Waals surface area contributed by atoms with Crippen molar-refractivity contribution in [3.8, 4) is 6.07 Å². The molecule has 2 unspecified atom stereocenters. The first-order chi connectivity index (χ1) is 8.29. The standard InChI is InChI=1S/C13H24N2OS/c1-2-15-13(11-14)7-3-5-12(13)6-10-17-9-4-8-16/h12,15-16H,2-10H2,1H3. The lowest BCUT2D eigenvalue weighted by molar-refractivity contribution is 0.296. The second kappa shape index (κ2) is 7.97. The summed E-state index contributed by atoms with van der Waals surface area (Å²) in [5.41, 5.74) is -0.258. The number of hydrogen-bond donors (Lipinski definition) is 2. The van der Waals surface area contributed by atoms with Gasteiger partial charge in [-0.3, -0.25) is 5.32 Å². The number of thioether (sulfide) groups is 1. The highest BCUT2D eigenvalue weighted by Gasteiger charge is 2.41. The van der Waals surface area contributed by atoms with Gasteiger partial charge in [-0.05, 0) is 49.7 Å². The summed E-state index contributed by atoms with van der Waals surface area (Å²) in [6.07, 6.45) is 5.36. The van der Waals surface area contributed by atoms with Crippen LogP contribution in [0.4, 0.5) is 0 Å². The average Bonchev–Trinajstić information content (AvgIpc) is 2.73. The summed E-state index contributed by atoms with van der Waals surface area (Å²) in [4.78, 5) is 0. The van der Waals surface area contributed by atoms with Crippen LogP contribution in [0.25, 0.3) is 0 Å². The molecule has 0 bridgehead atoms. The SMILES string of the molecule is CCNC1(C#N)CCCC1CCSCCCO. The molecule has 0 aromatic heterocycles. The van der Waals surface area contributed by atoms with Crippen LogP contribution in [-0.2, 0) is 0 Å². The Labute approximate surface area is 109 Å². The maximum absolute atomic E-state index is 9.41. The van der Waals surface area contributed by atoms with Crippen LogP contribution in [0.5, 0.6) is 0 Å². The second-order valence-corrected chi connectivity index (χ2v) is 5.91. The first-order valence-electron chi connectivity index (χ1n) is 6.64. The van der Waals surface area contributed by atoms with Gasteiger partial charge in [-0.25, -0.2) is 0 Å². The van der Waals surface area contributed by atoms with E-state index in [9.17, 15) is 5.26 Å². The lowest BCUT2D eigenvalue weighted by Gasteiger charge is -2.29. The molecule has 1 fully saturated rings. The van der Waals surface area contributed by atoms with Crippen LogP contribution in [0.15, 0.2) is 0 Å². The Morgan fingerprint density at radius 3 is 3.00 bits per heavy atom. The lowest BCUT2D eigenvalue weighted by Crippen LogP contribution is -2.47. The number of rotatable bonds is 8. The number of nitriles is 1. The van der Waals surface area contributed by atoms with Crippen LogP contribution in [0.2, 0.25) is 0 Å².